The quantitative estimate of drug-likeness (QED) is 0.618. The molecule has 2 heterocycles. The molecule has 2 N–H and O–H groups in total. The van der Waals surface area contributed by atoms with Gasteiger partial charge in [0.2, 0.25) is 0 Å². The molecule has 0 spiro atoms. The molecule has 1 aliphatic rings. The van der Waals surface area contributed by atoms with Crippen molar-refractivity contribution in [2.45, 2.75) is 38.8 Å². The monoisotopic (exact) mass is 319 g/mol. The summed E-state index contributed by atoms with van der Waals surface area (Å²) in [7, 11) is 3.98. The minimum atomic E-state index is -0.0840. The summed E-state index contributed by atoms with van der Waals surface area (Å²) in [6.45, 7) is 7.22. The average molecular weight is 319 g/mol. The zero-order valence-corrected chi connectivity index (χ0v) is 14.7. The first-order valence-corrected chi connectivity index (χ1v) is 8.32. The molecule has 0 aliphatic carbocycles. The van der Waals surface area contributed by atoms with Gasteiger partial charge in [-0.15, -0.1) is 0 Å². The summed E-state index contributed by atoms with van der Waals surface area (Å²) in [5.74, 6) is 1.75. The lowest BCUT2D eigenvalue weighted by Gasteiger charge is -2.24. The van der Waals surface area contributed by atoms with Gasteiger partial charge in [-0.25, -0.2) is 9.98 Å². The molecule has 1 saturated heterocycles. The number of hydrogen-bond acceptors (Lipinski definition) is 4. The van der Waals surface area contributed by atoms with Crippen molar-refractivity contribution in [3.05, 3.63) is 23.9 Å². The Balaban J connectivity index is 1.96. The highest BCUT2D eigenvalue weighted by atomic mass is 16.5. The van der Waals surface area contributed by atoms with Crippen LogP contribution in [0.5, 0.6) is 0 Å². The van der Waals surface area contributed by atoms with Gasteiger partial charge in [-0.05, 0) is 38.8 Å². The van der Waals surface area contributed by atoms with Crippen LogP contribution in [-0.4, -0.2) is 50.3 Å². The molecule has 1 aromatic heterocycles. The average Bonchev–Trinajstić information content (AvgIpc) is 2.97. The maximum Gasteiger partial charge on any atom is 0.191 e. The minimum Gasteiger partial charge on any atom is -0.373 e. The molecule has 0 amide bonds. The van der Waals surface area contributed by atoms with Crippen molar-refractivity contribution in [3.63, 3.8) is 0 Å². The number of rotatable bonds is 6. The summed E-state index contributed by atoms with van der Waals surface area (Å²) in [5, 5.41) is 6.66. The SMILES string of the molecule is CCNC(=NCc1cccc(N(C)C)n1)NCC1(C)CCCO1. The molecule has 1 atom stereocenters. The lowest BCUT2D eigenvalue weighted by Crippen LogP contribution is -2.45. The van der Waals surface area contributed by atoms with Gasteiger partial charge in [0.1, 0.15) is 5.82 Å². The highest BCUT2D eigenvalue weighted by Crippen LogP contribution is 2.23. The van der Waals surface area contributed by atoms with Crippen molar-refractivity contribution in [3.8, 4) is 0 Å². The van der Waals surface area contributed by atoms with E-state index in [1.807, 2.05) is 37.2 Å². The maximum absolute atomic E-state index is 5.81. The number of aromatic nitrogens is 1. The molecule has 6 heteroatoms. The number of anilines is 1. The topological polar surface area (TPSA) is 61.8 Å². The molecule has 0 aromatic carbocycles. The van der Waals surface area contributed by atoms with E-state index in [0.29, 0.717) is 6.54 Å². The number of pyridine rings is 1. The predicted molar refractivity (Wildman–Crippen MR) is 95.0 cm³/mol. The van der Waals surface area contributed by atoms with Crippen LogP contribution in [0.3, 0.4) is 0 Å². The van der Waals surface area contributed by atoms with E-state index in [2.05, 4.69) is 34.5 Å². The largest absolute Gasteiger partial charge is 0.373 e. The van der Waals surface area contributed by atoms with E-state index >= 15 is 0 Å². The number of hydrogen-bond donors (Lipinski definition) is 2. The van der Waals surface area contributed by atoms with Crippen LogP contribution in [0.25, 0.3) is 0 Å². The summed E-state index contributed by atoms with van der Waals surface area (Å²) < 4.78 is 5.81. The summed E-state index contributed by atoms with van der Waals surface area (Å²) >= 11 is 0. The molecular formula is C17H29N5O. The Bertz CT molecular complexity index is 523. The van der Waals surface area contributed by atoms with Crippen molar-refractivity contribution in [1.29, 1.82) is 0 Å². The second kappa shape index (κ2) is 8.15. The van der Waals surface area contributed by atoms with E-state index in [-0.39, 0.29) is 5.60 Å². The number of nitrogens with zero attached hydrogens (tertiary/aromatic N) is 3. The first-order chi connectivity index (χ1) is 11.0. The van der Waals surface area contributed by atoms with Crippen LogP contribution in [-0.2, 0) is 11.3 Å². The van der Waals surface area contributed by atoms with Gasteiger partial charge < -0.3 is 20.3 Å². The summed E-state index contributed by atoms with van der Waals surface area (Å²) in [5.41, 5.74) is 0.871. The first-order valence-electron chi connectivity index (χ1n) is 8.32. The minimum absolute atomic E-state index is 0.0840. The van der Waals surface area contributed by atoms with Gasteiger partial charge in [-0.1, -0.05) is 6.07 Å². The van der Waals surface area contributed by atoms with Crippen molar-refractivity contribution in [1.82, 2.24) is 15.6 Å². The van der Waals surface area contributed by atoms with E-state index in [4.69, 9.17) is 4.74 Å². The Hall–Kier alpha value is -1.82. The van der Waals surface area contributed by atoms with Gasteiger partial charge in [0.05, 0.1) is 17.8 Å². The molecule has 6 nitrogen and oxygen atoms in total. The molecule has 2 rings (SSSR count). The summed E-state index contributed by atoms with van der Waals surface area (Å²) in [6.07, 6.45) is 2.22. The molecule has 0 saturated carbocycles. The standard InChI is InChI=1S/C17H29N5O/c1-5-18-16(20-13-17(2)10-7-11-23-17)19-12-14-8-6-9-15(21-14)22(3)4/h6,8-9H,5,7,10-13H2,1-4H3,(H2,18,19,20). The van der Waals surface area contributed by atoms with Gasteiger partial charge in [0.15, 0.2) is 5.96 Å². The molecule has 1 unspecified atom stereocenters. The van der Waals surface area contributed by atoms with Crippen LogP contribution in [0.2, 0.25) is 0 Å². The zero-order chi connectivity index (χ0) is 16.7. The van der Waals surface area contributed by atoms with Crippen LogP contribution in [0.4, 0.5) is 5.82 Å². The molecular weight excluding hydrogens is 290 g/mol. The molecule has 128 valence electrons. The maximum atomic E-state index is 5.81. The zero-order valence-electron chi connectivity index (χ0n) is 14.7. The number of nitrogens with one attached hydrogen (secondary N) is 2. The van der Waals surface area contributed by atoms with Gasteiger partial charge >= 0.3 is 0 Å². The number of aliphatic imine (C=N–C) groups is 1. The van der Waals surface area contributed by atoms with Crippen molar-refractivity contribution >= 4 is 11.8 Å². The van der Waals surface area contributed by atoms with Gasteiger partial charge in [-0.2, -0.15) is 0 Å². The predicted octanol–water partition coefficient (Wildman–Crippen LogP) is 1.77. The molecule has 0 radical (unpaired) electrons. The highest BCUT2D eigenvalue weighted by Gasteiger charge is 2.29. The van der Waals surface area contributed by atoms with E-state index in [1.165, 1.54) is 0 Å². The Labute approximate surface area is 139 Å². The van der Waals surface area contributed by atoms with Gasteiger partial charge in [0.25, 0.3) is 0 Å². The summed E-state index contributed by atoms with van der Waals surface area (Å²) in [6, 6.07) is 6.01. The van der Waals surface area contributed by atoms with E-state index in [0.717, 1.165) is 50.0 Å². The van der Waals surface area contributed by atoms with E-state index < -0.39 is 0 Å². The molecule has 1 aromatic rings. The van der Waals surface area contributed by atoms with Crippen molar-refractivity contribution in [2.75, 3.05) is 38.7 Å². The molecule has 0 bridgehead atoms. The Kier molecular flexibility index (Phi) is 6.21. The summed E-state index contributed by atoms with van der Waals surface area (Å²) in [4.78, 5) is 11.2. The Morgan fingerprint density at radius 2 is 2.22 bits per heavy atom. The molecule has 23 heavy (non-hydrogen) atoms. The van der Waals surface area contributed by atoms with Crippen molar-refractivity contribution in [2.24, 2.45) is 4.99 Å². The number of guanidine groups is 1. The second-order valence-electron chi connectivity index (χ2n) is 6.33. The van der Waals surface area contributed by atoms with Crippen LogP contribution >= 0.6 is 0 Å². The van der Waals surface area contributed by atoms with Crippen molar-refractivity contribution < 1.29 is 4.74 Å². The molecule has 1 aliphatic heterocycles. The fourth-order valence-electron chi connectivity index (χ4n) is 2.55. The van der Waals surface area contributed by atoms with E-state index in [1.54, 1.807) is 0 Å². The third-order valence-electron chi connectivity index (χ3n) is 3.92. The lowest BCUT2D eigenvalue weighted by atomic mass is 10.0. The Morgan fingerprint density at radius 1 is 1.39 bits per heavy atom. The first kappa shape index (κ1) is 17.5. The second-order valence-corrected chi connectivity index (χ2v) is 6.33. The number of ether oxygens (including phenoxy) is 1. The highest BCUT2D eigenvalue weighted by molar-refractivity contribution is 5.79. The fraction of sp³-hybridized carbons (Fsp3) is 0.647. The Morgan fingerprint density at radius 3 is 2.87 bits per heavy atom. The third-order valence-corrected chi connectivity index (χ3v) is 3.92. The molecule has 1 fully saturated rings. The van der Waals surface area contributed by atoms with Crippen LogP contribution in [0.1, 0.15) is 32.4 Å². The van der Waals surface area contributed by atoms with Crippen LogP contribution in [0.15, 0.2) is 23.2 Å². The van der Waals surface area contributed by atoms with Crippen LogP contribution < -0.4 is 15.5 Å². The fourth-order valence-corrected chi connectivity index (χ4v) is 2.55. The third kappa shape index (κ3) is 5.39. The normalized spacial score (nSPS) is 21.3. The van der Waals surface area contributed by atoms with Crippen LogP contribution in [0, 0.1) is 0 Å². The lowest BCUT2D eigenvalue weighted by molar-refractivity contribution is 0.0243. The smallest absolute Gasteiger partial charge is 0.191 e. The van der Waals surface area contributed by atoms with Gasteiger partial charge in [0, 0.05) is 33.8 Å². The van der Waals surface area contributed by atoms with Gasteiger partial charge in [-0.3, -0.25) is 0 Å². The van der Waals surface area contributed by atoms with E-state index in [9.17, 15) is 0 Å².